The number of amides is 2. The highest BCUT2D eigenvalue weighted by Gasteiger charge is 2.32. The molecule has 44 heavy (non-hydrogen) atoms. The molecule has 1 unspecified atom stereocenters. The van der Waals surface area contributed by atoms with Gasteiger partial charge in [-0.3, -0.25) is 13.9 Å². The summed E-state index contributed by atoms with van der Waals surface area (Å²) in [7, 11) is -4.23. The van der Waals surface area contributed by atoms with Crippen LogP contribution in [0, 0.1) is 5.82 Å². The average molecular weight is 618 g/mol. The zero-order chi connectivity index (χ0) is 31.5. The van der Waals surface area contributed by atoms with Crippen molar-refractivity contribution in [3.63, 3.8) is 0 Å². The van der Waals surface area contributed by atoms with Crippen molar-refractivity contribution in [2.24, 2.45) is 0 Å². The van der Waals surface area contributed by atoms with Crippen LogP contribution in [-0.2, 0) is 26.2 Å². The Morgan fingerprint density at radius 1 is 0.841 bits per heavy atom. The smallest absolute Gasteiger partial charge is 0.264 e. The van der Waals surface area contributed by atoms with Crippen molar-refractivity contribution >= 4 is 27.5 Å². The maximum atomic E-state index is 14.7. The van der Waals surface area contributed by atoms with Gasteiger partial charge < -0.3 is 15.0 Å². The lowest BCUT2D eigenvalue weighted by Crippen LogP contribution is -2.51. The Kier molecular flexibility index (Phi) is 11.1. The second-order valence-corrected chi connectivity index (χ2v) is 12.0. The molecule has 0 bridgehead atoms. The first kappa shape index (κ1) is 32.2. The van der Waals surface area contributed by atoms with Gasteiger partial charge in [-0.05, 0) is 67.9 Å². The Labute approximate surface area is 258 Å². The summed E-state index contributed by atoms with van der Waals surface area (Å²) >= 11 is 0. The Morgan fingerprint density at radius 3 is 2.07 bits per heavy atom. The molecule has 1 N–H and O–H groups in total. The minimum absolute atomic E-state index is 0.0107. The molecule has 230 valence electrons. The predicted octanol–water partition coefficient (Wildman–Crippen LogP) is 6.15. The minimum atomic E-state index is -4.23. The molecule has 4 rings (SSSR count). The van der Waals surface area contributed by atoms with Crippen LogP contribution in [0.3, 0.4) is 0 Å². The zero-order valence-electron chi connectivity index (χ0n) is 24.7. The molecular weight excluding hydrogens is 581 g/mol. The van der Waals surface area contributed by atoms with Crippen LogP contribution in [0.25, 0.3) is 0 Å². The highest BCUT2D eigenvalue weighted by molar-refractivity contribution is 7.92. The average Bonchev–Trinajstić information content (AvgIpc) is 3.04. The molecule has 4 aromatic carbocycles. The van der Waals surface area contributed by atoms with Crippen molar-refractivity contribution in [3.05, 3.63) is 121 Å². The first-order valence-electron chi connectivity index (χ1n) is 14.4. The summed E-state index contributed by atoms with van der Waals surface area (Å²) in [6.45, 7) is 3.11. The molecule has 0 radical (unpaired) electrons. The third-order valence-corrected chi connectivity index (χ3v) is 8.80. The number of anilines is 1. The SMILES string of the molecule is CCCCNC(=O)C(C)N(Cc1ccccc1F)C(=O)CN(c1ccc(Oc2ccccc2)cc1)S(=O)(=O)c1ccccc1. The van der Waals surface area contributed by atoms with Crippen LogP contribution in [0.4, 0.5) is 10.1 Å². The molecule has 0 aliphatic rings. The van der Waals surface area contributed by atoms with Gasteiger partial charge in [-0.2, -0.15) is 0 Å². The third-order valence-electron chi connectivity index (χ3n) is 7.01. The van der Waals surface area contributed by atoms with Gasteiger partial charge >= 0.3 is 0 Å². The summed E-state index contributed by atoms with van der Waals surface area (Å²) in [6.07, 6.45) is 1.63. The molecule has 0 heterocycles. The maximum absolute atomic E-state index is 14.7. The van der Waals surface area contributed by atoms with E-state index in [-0.39, 0.29) is 22.7 Å². The number of para-hydroxylation sites is 1. The Bertz CT molecular complexity index is 1630. The fourth-order valence-corrected chi connectivity index (χ4v) is 5.92. The molecule has 0 aromatic heterocycles. The van der Waals surface area contributed by atoms with Gasteiger partial charge in [0.1, 0.15) is 29.9 Å². The van der Waals surface area contributed by atoms with E-state index in [9.17, 15) is 22.4 Å². The molecule has 10 heteroatoms. The van der Waals surface area contributed by atoms with Crippen LogP contribution >= 0.6 is 0 Å². The van der Waals surface area contributed by atoms with Gasteiger partial charge in [0.05, 0.1) is 10.6 Å². The predicted molar refractivity (Wildman–Crippen MR) is 168 cm³/mol. The summed E-state index contributed by atoms with van der Waals surface area (Å²) in [5, 5.41) is 2.81. The van der Waals surface area contributed by atoms with Crippen LogP contribution in [0.2, 0.25) is 0 Å². The quantitative estimate of drug-likeness (QED) is 0.171. The summed E-state index contributed by atoms with van der Waals surface area (Å²) in [5.41, 5.74) is 0.419. The molecule has 0 aliphatic carbocycles. The van der Waals surface area contributed by atoms with E-state index in [1.807, 2.05) is 25.1 Å². The molecule has 2 amide bonds. The van der Waals surface area contributed by atoms with Gasteiger partial charge in [-0.15, -0.1) is 0 Å². The van der Waals surface area contributed by atoms with E-state index in [1.165, 1.54) is 35.2 Å². The Balaban J connectivity index is 1.68. The molecule has 0 aliphatic heterocycles. The maximum Gasteiger partial charge on any atom is 0.264 e. The fourth-order valence-electron chi connectivity index (χ4n) is 4.48. The van der Waals surface area contributed by atoms with Crippen molar-refractivity contribution in [2.75, 3.05) is 17.4 Å². The fraction of sp³-hybridized carbons (Fsp3) is 0.235. The second-order valence-electron chi connectivity index (χ2n) is 10.2. The van der Waals surface area contributed by atoms with Crippen LogP contribution < -0.4 is 14.4 Å². The monoisotopic (exact) mass is 617 g/mol. The molecule has 4 aromatic rings. The number of carbonyl (C=O) groups excluding carboxylic acids is 2. The first-order chi connectivity index (χ1) is 21.2. The molecule has 8 nitrogen and oxygen atoms in total. The normalized spacial score (nSPS) is 11.8. The van der Waals surface area contributed by atoms with Gasteiger partial charge in [0.2, 0.25) is 11.8 Å². The van der Waals surface area contributed by atoms with Gasteiger partial charge in [0, 0.05) is 18.7 Å². The standard InChI is InChI=1S/C34H36FN3O5S/c1-3-4-23-36-34(40)26(2)37(24-27-13-11-12-18-32(27)35)33(39)25-38(44(41,42)31-16-9-6-10-17-31)28-19-21-30(22-20-28)43-29-14-7-5-8-15-29/h5-22,26H,3-4,23-25H2,1-2H3,(H,36,40). The lowest BCUT2D eigenvalue weighted by Gasteiger charge is -2.32. The number of carbonyl (C=O) groups is 2. The van der Waals surface area contributed by atoms with E-state index >= 15 is 0 Å². The summed E-state index contributed by atoms with van der Waals surface area (Å²) in [4.78, 5) is 28.3. The number of sulfonamides is 1. The molecule has 1 atom stereocenters. The second kappa shape index (κ2) is 15.2. The van der Waals surface area contributed by atoms with E-state index < -0.39 is 40.2 Å². The van der Waals surface area contributed by atoms with Crippen molar-refractivity contribution in [1.29, 1.82) is 0 Å². The third kappa shape index (κ3) is 8.23. The number of rotatable bonds is 14. The van der Waals surface area contributed by atoms with Crippen molar-refractivity contribution in [1.82, 2.24) is 10.2 Å². The Hall–Kier alpha value is -4.70. The van der Waals surface area contributed by atoms with E-state index in [2.05, 4.69) is 5.32 Å². The van der Waals surface area contributed by atoms with Crippen LogP contribution in [0.1, 0.15) is 32.3 Å². The van der Waals surface area contributed by atoms with Crippen LogP contribution in [0.5, 0.6) is 11.5 Å². The van der Waals surface area contributed by atoms with E-state index in [0.29, 0.717) is 18.0 Å². The molecule has 0 saturated heterocycles. The highest BCUT2D eigenvalue weighted by Crippen LogP contribution is 2.28. The van der Waals surface area contributed by atoms with Gasteiger partial charge in [0.25, 0.3) is 10.0 Å². The largest absolute Gasteiger partial charge is 0.457 e. The number of nitrogens with zero attached hydrogens (tertiary/aromatic N) is 2. The van der Waals surface area contributed by atoms with Gasteiger partial charge in [-0.25, -0.2) is 12.8 Å². The number of hydrogen-bond acceptors (Lipinski definition) is 5. The number of hydrogen-bond donors (Lipinski definition) is 1. The first-order valence-corrected chi connectivity index (χ1v) is 15.9. The lowest BCUT2D eigenvalue weighted by atomic mass is 10.1. The molecular formula is C34H36FN3O5S. The zero-order valence-corrected chi connectivity index (χ0v) is 25.5. The Morgan fingerprint density at radius 2 is 1.43 bits per heavy atom. The van der Waals surface area contributed by atoms with Gasteiger partial charge in [0.15, 0.2) is 0 Å². The number of nitrogens with one attached hydrogen (secondary N) is 1. The van der Waals surface area contributed by atoms with Crippen LogP contribution in [-0.4, -0.2) is 44.3 Å². The van der Waals surface area contributed by atoms with Gasteiger partial charge in [-0.1, -0.05) is 67.9 Å². The molecule has 0 spiro atoms. The summed E-state index contributed by atoms with van der Waals surface area (Å²) < 4.78 is 49.4. The van der Waals surface area contributed by atoms with Crippen LogP contribution in [0.15, 0.2) is 114 Å². The number of ether oxygens (including phenoxy) is 1. The summed E-state index contributed by atoms with van der Waals surface area (Å²) in [5.74, 6) is -0.536. The lowest BCUT2D eigenvalue weighted by molar-refractivity contribution is -0.139. The number of unbranched alkanes of at least 4 members (excludes halogenated alkanes) is 1. The van der Waals surface area contributed by atoms with E-state index in [1.54, 1.807) is 67.6 Å². The molecule has 0 saturated carbocycles. The topological polar surface area (TPSA) is 96.0 Å². The number of benzene rings is 4. The molecule has 0 fully saturated rings. The number of halogens is 1. The van der Waals surface area contributed by atoms with Crippen molar-refractivity contribution < 1.29 is 27.1 Å². The van der Waals surface area contributed by atoms with Crippen molar-refractivity contribution in [2.45, 2.75) is 44.2 Å². The highest BCUT2D eigenvalue weighted by atomic mass is 32.2. The minimum Gasteiger partial charge on any atom is -0.457 e. The van der Waals surface area contributed by atoms with E-state index in [0.717, 1.165) is 17.1 Å². The van der Waals surface area contributed by atoms with Crippen molar-refractivity contribution in [3.8, 4) is 11.5 Å². The van der Waals surface area contributed by atoms with E-state index in [4.69, 9.17) is 4.74 Å². The summed E-state index contributed by atoms with van der Waals surface area (Å²) in [6, 6.07) is 28.2.